The lowest BCUT2D eigenvalue weighted by Crippen LogP contribution is -2.53. The molecule has 2 amide bonds. The number of halogens is 2. The van der Waals surface area contributed by atoms with Gasteiger partial charge in [0.1, 0.15) is 22.9 Å². The number of hydrogen-bond acceptors (Lipinski definition) is 4. The molecule has 1 saturated carbocycles. The third kappa shape index (κ3) is 5.04. The average molecular weight is 392 g/mol. The molecule has 152 valence electrons. The third-order valence-electron chi connectivity index (χ3n) is 5.31. The number of carbonyl (C=O) groups is 2. The normalized spacial score (nSPS) is 15.7. The molecule has 2 rings (SSSR count). The molecule has 1 aromatic rings. The van der Waals surface area contributed by atoms with Crippen LogP contribution in [0.2, 0.25) is 0 Å². The fourth-order valence-electron chi connectivity index (χ4n) is 3.47. The predicted octanol–water partition coefficient (Wildman–Crippen LogP) is 2.91. The van der Waals surface area contributed by atoms with Crippen LogP contribution in [0.3, 0.4) is 0 Å². The smallest absolute Gasteiger partial charge is 0.238 e. The van der Waals surface area contributed by atoms with E-state index in [1.54, 1.807) is 18.9 Å². The molecule has 1 aliphatic rings. The van der Waals surface area contributed by atoms with Crippen molar-refractivity contribution in [2.24, 2.45) is 0 Å². The lowest BCUT2D eigenvalue weighted by Gasteiger charge is -2.39. The molecule has 0 aromatic heterocycles. The number of benzene rings is 1. The van der Waals surface area contributed by atoms with Crippen LogP contribution < -0.4 is 5.32 Å². The molecule has 1 N–H and O–H groups in total. The second-order valence-electron chi connectivity index (χ2n) is 7.10. The van der Waals surface area contributed by atoms with Crippen LogP contribution in [0.4, 0.5) is 14.5 Å². The lowest BCUT2D eigenvalue weighted by molar-refractivity contribution is -0.136. The van der Waals surface area contributed by atoms with Gasteiger partial charge in [0.2, 0.25) is 11.8 Å². The minimum atomic E-state index is -0.861. The van der Waals surface area contributed by atoms with Gasteiger partial charge < -0.3 is 10.2 Å². The largest absolute Gasteiger partial charge is 0.326 e. The second kappa shape index (κ2) is 9.60. The zero-order chi connectivity index (χ0) is 20.7. The number of nitrogens with one attached hydrogen (secondary N) is 1. The van der Waals surface area contributed by atoms with E-state index in [4.69, 9.17) is 0 Å². The van der Waals surface area contributed by atoms with Gasteiger partial charge in [-0.05, 0) is 31.5 Å². The van der Waals surface area contributed by atoms with Crippen molar-refractivity contribution in [2.45, 2.75) is 44.6 Å². The third-order valence-corrected chi connectivity index (χ3v) is 5.31. The van der Waals surface area contributed by atoms with Gasteiger partial charge in [-0.1, -0.05) is 32.3 Å². The maximum atomic E-state index is 13.7. The zero-order valence-corrected chi connectivity index (χ0v) is 16.3. The highest BCUT2D eigenvalue weighted by molar-refractivity contribution is 5.93. The van der Waals surface area contributed by atoms with E-state index in [9.17, 15) is 23.6 Å². The molecule has 28 heavy (non-hydrogen) atoms. The summed E-state index contributed by atoms with van der Waals surface area (Å²) in [4.78, 5) is 28.0. The Morgan fingerprint density at radius 2 is 1.79 bits per heavy atom. The molecule has 0 radical (unpaired) electrons. The number of para-hydroxylation sites is 1. The lowest BCUT2D eigenvalue weighted by atomic mass is 9.81. The highest BCUT2D eigenvalue weighted by Crippen LogP contribution is 2.32. The molecular formula is C20H26F2N4O2. The predicted molar refractivity (Wildman–Crippen MR) is 101 cm³/mol. The van der Waals surface area contributed by atoms with Crippen molar-refractivity contribution >= 4 is 17.5 Å². The first-order chi connectivity index (χ1) is 13.3. The topological polar surface area (TPSA) is 76.4 Å². The fourth-order valence-corrected chi connectivity index (χ4v) is 3.47. The highest BCUT2D eigenvalue weighted by Gasteiger charge is 2.39. The van der Waals surface area contributed by atoms with E-state index in [0.717, 1.165) is 31.4 Å². The Morgan fingerprint density at radius 3 is 2.32 bits per heavy atom. The Hall–Kier alpha value is -2.53. The van der Waals surface area contributed by atoms with E-state index in [-0.39, 0.29) is 19.0 Å². The Morgan fingerprint density at radius 1 is 1.18 bits per heavy atom. The maximum Gasteiger partial charge on any atom is 0.238 e. The molecule has 1 aliphatic carbocycles. The quantitative estimate of drug-likeness (QED) is 0.774. The van der Waals surface area contributed by atoms with Crippen molar-refractivity contribution in [2.75, 3.05) is 32.0 Å². The van der Waals surface area contributed by atoms with Gasteiger partial charge in [0, 0.05) is 7.05 Å². The van der Waals surface area contributed by atoms with Crippen LogP contribution in [0.5, 0.6) is 0 Å². The molecule has 0 spiro atoms. The molecular weight excluding hydrogens is 366 g/mol. The number of amides is 2. The van der Waals surface area contributed by atoms with Crippen molar-refractivity contribution < 1.29 is 18.4 Å². The Bertz CT molecular complexity index is 737. The fraction of sp³-hybridized carbons (Fsp3) is 0.550. The summed E-state index contributed by atoms with van der Waals surface area (Å²) in [5, 5.41) is 11.8. The van der Waals surface area contributed by atoms with Gasteiger partial charge >= 0.3 is 0 Å². The number of nitriles is 1. The molecule has 0 atom stereocenters. The van der Waals surface area contributed by atoms with Gasteiger partial charge in [-0.15, -0.1) is 0 Å². The summed E-state index contributed by atoms with van der Waals surface area (Å²) in [5.74, 6) is -2.59. The summed E-state index contributed by atoms with van der Waals surface area (Å²) >= 11 is 0. The molecule has 0 bridgehead atoms. The van der Waals surface area contributed by atoms with E-state index in [1.807, 2.05) is 0 Å². The Kier molecular flexibility index (Phi) is 7.46. The van der Waals surface area contributed by atoms with Crippen molar-refractivity contribution in [3.8, 4) is 6.07 Å². The molecule has 1 aromatic carbocycles. The van der Waals surface area contributed by atoms with E-state index in [0.29, 0.717) is 19.4 Å². The van der Waals surface area contributed by atoms with Crippen molar-refractivity contribution in [3.63, 3.8) is 0 Å². The number of anilines is 1. The van der Waals surface area contributed by atoms with Gasteiger partial charge in [-0.25, -0.2) is 8.78 Å². The molecule has 1 fully saturated rings. The minimum absolute atomic E-state index is 0.0520. The van der Waals surface area contributed by atoms with Gasteiger partial charge in [0.25, 0.3) is 0 Å². The number of nitrogens with zero attached hydrogens (tertiary/aromatic N) is 3. The SMILES string of the molecule is CCN(CC(=O)Nc1c(F)cccc1F)CC(=O)N(C)C1(C#N)CCCCC1. The second-order valence-corrected chi connectivity index (χ2v) is 7.10. The zero-order valence-electron chi connectivity index (χ0n) is 16.3. The molecule has 8 heteroatoms. The van der Waals surface area contributed by atoms with E-state index in [1.165, 1.54) is 11.0 Å². The molecule has 0 saturated heterocycles. The summed E-state index contributed by atoms with van der Waals surface area (Å²) < 4.78 is 27.3. The molecule has 6 nitrogen and oxygen atoms in total. The van der Waals surface area contributed by atoms with Gasteiger partial charge in [-0.2, -0.15) is 5.26 Å². The summed E-state index contributed by atoms with van der Waals surface area (Å²) in [7, 11) is 1.62. The first-order valence-corrected chi connectivity index (χ1v) is 9.47. The number of hydrogen-bond donors (Lipinski definition) is 1. The first-order valence-electron chi connectivity index (χ1n) is 9.47. The van der Waals surface area contributed by atoms with Gasteiger partial charge in [0.05, 0.1) is 19.2 Å². The average Bonchev–Trinajstić information content (AvgIpc) is 2.70. The van der Waals surface area contributed by atoms with Crippen molar-refractivity contribution in [3.05, 3.63) is 29.8 Å². The first kappa shape index (κ1) is 21.8. The summed E-state index contributed by atoms with van der Waals surface area (Å²) in [6.07, 6.45) is 4.15. The Labute approximate surface area is 164 Å². The number of carbonyl (C=O) groups excluding carboxylic acids is 2. The van der Waals surface area contributed by atoms with E-state index < -0.39 is 28.8 Å². The molecule has 0 unspecified atom stereocenters. The molecule has 0 heterocycles. The van der Waals surface area contributed by atoms with Gasteiger partial charge in [0.15, 0.2) is 0 Å². The summed E-state index contributed by atoms with van der Waals surface area (Å²) in [6.45, 7) is 1.93. The van der Waals surface area contributed by atoms with Crippen LogP contribution in [0.15, 0.2) is 18.2 Å². The van der Waals surface area contributed by atoms with E-state index in [2.05, 4.69) is 11.4 Å². The van der Waals surface area contributed by atoms with Crippen LogP contribution in [-0.4, -0.2) is 53.8 Å². The minimum Gasteiger partial charge on any atom is -0.326 e. The van der Waals surface area contributed by atoms with Crippen LogP contribution in [-0.2, 0) is 9.59 Å². The number of rotatable bonds is 7. The van der Waals surface area contributed by atoms with Crippen molar-refractivity contribution in [1.82, 2.24) is 9.80 Å². The van der Waals surface area contributed by atoms with Gasteiger partial charge in [-0.3, -0.25) is 14.5 Å². The van der Waals surface area contributed by atoms with Crippen LogP contribution >= 0.6 is 0 Å². The maximum absolute atomic E-state index is 13.7. The van der Waals surface area contributed by atoms with Crippen LogP contribution in [0, 0.1) is 23.0 Å². The van der Waals surface area contributed by atoms with Crippen molar-refractivity contribution in [1.29, 1.82) is 5.26 Å². The van der Waals surface area contributed by atoms with Crippen LogP contribution in [0.25, 0.3) is 0 Å². The molecule has 0 aliphatic heterocycles. The number of likely N-dealkylation sites (N-methyl/N-ethyl adjacent to an activating group) is 2. The highest BCUT2D eigenvalue weighted by atomic mass is 19.1. The monoisotopic (exact) mass is 392 g/mol. The Balaban J connectivity index is 1.98. The standard InChI is InChI=1S/C20H26F2N4O2/c1-3-26(12-17(27)24-19-15(21)8-7-9-16(19)22)13-18(28)25(2)20(14-23)10-5-4-6-11-20/h7-9H,3-6,10-13H2,1-2H3,(H,24,27). The van der Waals surface area contributed by atoms with E-state index >= 15 is 0 Å². The van der Waals surface area contributed by atoms with Crippen LogP contribution in [0.1, 0.15) is 39.0 Å². The summed E-state index contributed by atoms with van der Waals surface area (Å²) in [6, 6.07) is 5.62. The summed E-state index contributed by atoms with van der Waals surface area (Å²) in [5.41, 5.74) is -1.30.